The standard InChI is InChI=1S/C24H25F2N3O3S/c1-28(31)24(30)29-13-11-18(12-14-29)23-27-20(15-3-5-17(6-4-15)22(25)26)21(33-23)16-7-9-19(32-2)10-8-16/h3-10,18,22,31H,11-14H2,1-2H3. The number of thiazole rings is 1. The molecule has 33 heavy (non-hydrogen) atoms. The van der Waals surface area contributed by atoms with Crippen molar-refractivity contribution in [2.24, 2.45) is 0 Å². The topological polar surface area (TPSA) is 65.9 Å². The normalized spacial score (nSPS) is 14.5. The molecule has 2 aromatic carbocycles. The molecule has 0 atom stereocenters. The molecular weight excluding hydrogens is 448 g/mol. The number of aromatic nitrogens is 1. The lowest BCUT2D eigenvalue weighted by molar-refractivity contribution is -0.0356. The Morgan fingerprint density at radius 1 is 1.12 bits per heavy atom. The summed E-state index contributed by atoms with van der Waals surface area (Å²) in [6.45, 7) is 1.06. The molecule has 1 aliphatic heterocycles. The Bertz CT molecular complexity index is 1090. The molecule has 2 heterocycles. The van der Waals surface area contributed by atoms with E-state index in [9.17, 15) is 18.8 Å². The quantitative estimate of drug-likeness (QED) is 0.362. The van der Waals surface area contributed by atoms with Crippen molar-refractivity contribution in [3.05, 3.63) is 59.1 Å². The van der Waals surface area contributed by atoms with Gasteiger partial charge in [-0.2, -0.15) is 0 Å². The summed E-state index contributed by atoms with van der Waals surface area (Å²) in [7, 11) is 2.93. The van der Waals surface area contributed by atoms with Gasteiger partial charge in [-0.15, -0.1) is 11.3 Å². The van der Waals surface area contributed by atoms with Crippen LogP contribution in [0.2, 0.25) is 0 Å². The van der Waals surface area contributed by atoms with Crippen molar-refractivity contribution >= 4 is 17.4 Å². The van der Waals surface area contributed by atoms with Gasteiger partial charge in [-0.3, -0.25) is 5.21 Å². The predicted molar refractivity (Wildman–Crippen MR) is 123 cm³/mol. The number of nitrogens with zero attached hydrogens (tertiary/aromatic N) is 3. The van der Waals surface area contributed by atoms with Crippen molar-refractivity contribution in [3.63, 3.8) is 0 Å². The van der Waals surface area contributed by atoms with E-state index in [1.807, 2.05) is 24.3 Å². The Kier molecular flexibility index (Phi) is 6.90. The van der Waals surface area contributed by atoms with Gasteiger partial charge in [0.15, 0.2) is 0 Å². The molecule has 4 rings (SSSR count). The van der Waals surface area contributed by atoms with Crippen LogP contribution in [0.25, 0.3) is 21.7 Å². The van der Waals surface area contributed by atoms with E-state index in [1.165, 1.54) is 19.2 Å². The number of piperidine rings is 1. The van der Waals surface area contributed by atoms with E-state index in [4.69, 9.17) is 9.72 Å². The van der Waals surface area contributed by atoms with E-state index in [0.29, 0.717) is 18.2 Å². The highest BCUT2D eigenvalue weighted by atomic mass is 32.1. The van der Waals surface area contributed by atoms with Gasteiger partial charge < -0.3 is 9.64 Å². The zero-order valence-electron chi connectivity index (χ0n) is 18.4. The first kappa shape index (κ1) is 23.1. The zero-order chi connectivity index (χ0) is 23.5. The summed E-state index contributed by atoms with van der Waals surface area (Å²) < 4.78 is 31.3. The summed E-state index contributed by atoms with van der Waals surface area (Å²) in [6, 6.07) is 13.5. The van der Waals surface area contributed by atoms with Crippen LogP contribution < -0.4 is 4.74 Å². The van der Waals surface area contributed by atoms with E-state index >= 15 is 0 Å². The third-order valence-electron chi connectivity index (χ3n) is 5.82. The number of hydrogen-bond donors (Lipinski definition) is 1. The molecule has 1 aromatic heterocycles. The number of hydroxylamine groups is 2. The first-order valence-electron chi connectivity index (χ1n) is 10.6. The maximum Gasteiger partial charge on any atom is 0.343 e. The van der Waals surface area contributed by atoms with E-state index in [0.717, 1.165) is 45.3 Å². The molecule has 1 saturated heterocycles. The Labute approximate surface area is 195 Å². The molecule has 1 aliphatic rings. The number of carbonyl (C=O) groups is 1. The number of ether oxygens (including phenoxy) is 1. The van der Waals surface area contributed by atoms with Gasteiger partial charge >= 0.3 is 6.03 Å². The molecule has 6 nitrogen and oxygen atoms in total. The number of likely N-dealkylation sites (tertiary alicyclic amines) is 1. The molecule has 0 spiro atoms. The van der Waals surface area contributed by atoms with E-state index < -0.39 is 12.5 Å². The summed E-state index contributed by atoms with van der Waals surface area (Å²) in [5.74, 6) is 0.923. The lowest BCUT2D eigenvalue weighted by Gasteiger charge is -2.32. The molecular formula is C24H25F2N3O3S. The van der Waals surface area contributed by atoms with E-state index in [-0.39, 0.29) is 11.5 Å². The lowest BCUT2D eigenvalue weighted by Crippen LogP contribution is -2.43. The largest absolute Gasteiger partial charge is 0.497 e. The lowest BCUT2D eigenvalue weighted by atomic mass is 9.97. The predicted octanol–water partition coefficient (Wildman–Crippen LogP) is 6.04. The first-order chi connectivity index (χ1) is 15.9. The molecule has 0 saturated carbocycles. The fourth-order valence-electron chi connectivity index (χ4n) is 3.95. The van der Waals surface area contributed by atoms with Crippen LogP contribution in [0.5, 0.6) is 5.75 Å². The smallest absolute Gasteiger partial charge is 0.343 e. The molecule has 0 aliphatic carbocycles. The third-order valence-corrected chi connectivity index (χ3v) is 7.09. The SMILES string of the molecule is COc1ccc(-c2sc(C3CCN(C(=O)N(C)O)CC3)nc2-c2ccc(C(F)F)cc2)cc1. The number of amides is 2. The minimum Gasteiger partial charge on any atom is -0.497 e. The fourth-order valence-corrected chi connectivity index (χ4v) is 5.22. The summed E-state index contributed by atoms with van der Waals surface area (Å²) in [5.41, 5.74) is 2.49. The number of urea groups is 1. The summed E-state index contributed by atoms with van der Waals surface area (Å²) in [4.78, 5) is 19.5. The number of benzene rings is 2. The van der Waals surface area contributed by atoms with Crippen molar-refractivity contribution in [2.45, 2.75) is 25.2 Å². The van der Waals surface area contributed by atoms with Gasteiger partial charge in [0.2, 0.25) is 0 Å². The van der Waals surface area contributed by atoms with Gasteiger partial charge in [0.1, 0.15) is 5.75 Å². The number of rotatable bonds is 5. The van der Waals surface area contributed by atoms with Crippen LogP contribution in [0.3, 0.4) is 0 Å². The van der Waals surface area contributed by atoms with Gasteiger partial charge in [0.25, 0.3) is 6.43 Å². The van der Waals surface area contributed by atoms with Gasteiger partial charge in [0, 0.05) is 37.2 Å². The van der Waals surface area contributed by atoms with Crippen LogP contribution in [-0.4, -0.2) is 53.4 Å². The van der Waals surface area contributed by atoms with Crippen LogP contribution >= 0.6 is 11.3 Å². The second-order valence-corrected chi connectivity index (χ2v) is 8.98. The highest BCUT2D eigenvalue weighted by Gasteiger charge is 2.28. The number of halogens is 2. The van der Waals surface area contributed by atoms with Crippen molar-refractivity contribution < 1.29 is 23.5 Å². The van der Waals surface area contributed by atoms with Crippen molar-refractivity contribution in [1.82, 2.24) is 14.9 Å². The minimum atomic E-state index is -2.52. The molecule has 1 N–H and O–H groups in total. The maximum atomic E-state index is 13.0. The summed E-state index contributed by atoms with van der Waals surface area (Å²) in [5, 5.41) is 11.0. The summed E-state index contributed by atoms with van der Waals surface area (Å²) >= 11 is 1.59. The molecule has 174 valence electrons. The van der Waals surface area contributed by atoms with Gasteiger partial charge in [-0.05, 0) is 42.7 Å². The Morgan fingerprint density at radius 3 is 2.27 bits per heavy atom. The highest BCUT2D eigenvalue weighted by molar-refractivity contribution is 7.15. The molecule has 2 amide bonds. The zero-order valence-corrected chi connectivity index (χ0v) is 19.2. The van der Waals surface area contributed by atoms with Crippen molar-refractivity contribution in [1.29, 1.82) is 0 Å². The molecule has 0 bridgehead atoms. The monoisotopic (exact) mass is 473 g/mol. The Morgan fingerprint density at radius 2 is 1.73 bits per heavy atom. The Hall–Kier alpha value is -3.04. The van der Waals surface area contributed by atoms with Crippen LogP contribution in [-0.2, 0) is 0 Å². The average molecular weight is 474 g/mol. The first-order valence-corrected chi connectivity index (χ1v) is 11.4. The fraction of sp³-hybridized carbons (Fsp3) is 0.333. The van der Waals surface area contributed by atoms with Crippen LogP contribution in [0.4, 0.5) is 13.6 Å². The highest BCUT2D eigenvalue weighted by Crippen LogP contribution is 2.42. The average Bonchev–Trinajstić information content (AvgIpc) is 3.29. The Balaban J connectivity index is 1.66. The molecule has 9 heteroatoms. The molecule has 3 aromatic rings. The van der Waals surface area contributed by atoms with Gasteiger partial charge in [-0.1, -0.05) is 24.3 Å². The van der Waals surface area contributed by atoms with Gasteiger partial charge in [-0.25, -0.2) is 23.6 Å². The number of alkyl halides is 2. The number of methoxy groups -OCH3 is 1. The number of hydrogen-bond acceptors (Lipinski definition) is 5. The minimum absolute atomic E-state index is 0.0221. The van der Waals surface area contributed by atoms with Gasteiger partial charge in [0.05, 0.1) is 22.7 Å². The molecule has 0 radical (unpaired) electrons. The van der Waals surface area contributed by atoms with Crippen molar-refractivity contribution in [2.75, 3.05) is 27.2 Å². The summed E-state index contributed by atoms with van der Waals surface area (Å²) in [6.07, 6.45) is -1.05. The molecule has 1 fully saturated rings. The third kappa shape index (κ3) is 4.99. The van der Waals surface area contributed by atoms with Crippen molar-refractivity contribution in [3.8, 4) is 27.4 Å². The molecule has 0 unspecified atom stereocenters. The van der Waals surface area contributed by atoms with E-state index in [1.54, 1.807) is 35.5 Å². The van der Waals surface area contributed by atoms with E-state index in [2.05, 4.69) is 0 Å². The number of carbonyl (C=O) groups excluding carboxylic acids is 1. The van der Waals surface area contributed by atoms with Crippen LogP contribution in [0.15, 0.2) is 48.5 Å². The maximum absolute atomic E-state index is 13.0. The van der Waals surface area contributed by atoms with Crippen LogP contribution in [0.1, 0.15) is 35.8 Å². The second-order valence-electron chi connectivity index (χ2n) is 7.95. The van der Waals surface area contributed by atoms with Crippen LogP contribution in [0, 0.1) is 0 Å². The second kappa shape index (κ2) is 9.84.